The minimum absolute atomic E-state index is 0.137. The number of fused-ring (bicyclic) bond motifs is 1. The summed E-state index contributed by atoms with van der Waals surface area (Å²) in [7, 11) is 8.47. The van der Waals surface area contributed by atoms with Gasteiger partial charge in [-0.05, 0) is 21.0 Å². The van der Waals surface area contributed by atoms with Gasteiger partial charge in [-0.1, -0.05) is 0 Å². The van der Waals surface area contributed by atoms with Crippen molar-refractivity contribution in [1.29, 1.82) is 0 Å². The first kappa shape index (κ1) is 18.7. The van der Waals surface area contributed by atoms with Gasteiger partial charge in [0.1, 0.15) is 0 Å². The van der Waals surface area contributed by atoms with Gasteiger partial charge in [0, 0.05) is 31.8 Å². The van der Waals surface area contributed by atoms with Gasteiger partial charge >= 0.3 is 0 Å². The zero-order valence-corrected chi connectivity index (χ0v) is 15.4. The molecule has 0 spiro atoms. The maximum atomic E-state index is 12.5. The summed E-state index contributed by atoms with van der Waals surface area (Å²) in [6.07, 6.45) is 0. The van der Waals surface area contributed by atoms with Crippen molar-refractivity contribution in [2.24, 2.45) is 7.05 Å². The Kier molecular flexibility index (Phi) is 5.63. The van der Waals surface area contributed by atoms with Crippen LogP contribution in [0.4, 0.5) is 0 Å². The van der Waals surface area contributed by atoms with E-state index in [2.05, 4.69) is 10.3 Å². The van der Waals surface area contributed by atoms with Crippen molar-refractivity contribution in [2.75, 3.05) is 34.9 Å². The number of methoxy groups -OCH3 is 2. The summed E-state index contributed by atoms with van der Waals surface area (Å²) in [4.78, 5) is 31.1. The molecular weight excluding hydrogens is 324 g/mol. The number of ether oxygens (including phenoxy) is 2. The van der Waals surface area contributed by atoms with E-state index >= 15 is 0 Å². The largest absolute Gasteiger partial charge is 0.493 e. The lowest BCUT2D eigenvalue weighted by molar-refractivity contribution is 0.0937. The zero-order valence-electron chi connectivity index (χ0n) is 15.4. The maximum Gasteiger partial charge on any atom is 0.282 e. The normalized spacial score (nSPS) is 12.3. The average Bonchev–Trinajstić information content (AvgIpc) is 2.60. The number of aromatic nitrogens is 2. The fraction of sp³-hybridized carbons (Fsp3) is 0.471. The topological polar surface area (TPSA) is 85.7 Å². The van der Waals surface area contributed by atoms with E-state index in [9.17, 15) is 9.59 Å². The van der Waals surface area contributed by atoms with Crippen LogP contribution in [0.5, 0.6) is 11.5 Å². The van der Waals surface area contributed by atoms with Gasteiger partial charge in [-0.3, -0.25) is 9.59 Å². The van der Waals surface area contributed by atoms with Crippen LogP contribution in [0.15, 0.2) is 16.9 Å². The van der Waals surface area contributed by atoms with Gasteiger partial charge in [-0.15, -0.1) is 0 Å². The molecule has 1 heterocycles. The molecule has 0 aliphatic rings. The summed E-state index contributed by atoms with van der Waals surface area (Å²) >= 11 is 0. The van der Waals surface area contributed by atoms with E-state index in [4.69, 9.17) is 9.47 Å². The average molecular weight is 348 g/mol. The molecule has 136 valence electrons. The number of nitrogens with zero attached hydrogens (tertiary/aromatic N) is 3. The quantitative estimate of drug-likeness (QED) is 0.824. The highest BCUT2D eigenvalue weighted by Crippen LogP contribution is 2.30. The van der Waals surface area contributed by atoms with Crippen molar-refractivity contribution < 1.29 is 14.3 Å². The van der Waals surface area contributed by atoms with E-state index in [-0.39, 0.29) is 11.7 Å². The molecule has 0 saturated carbocycles. The standard InChI is InChI=1S/C17H24N4O4/c1-10(20(2)3)9-18-16(22)15-17(23)21(4)12-8-14(25-6)13(24-5)7-11(12)19-15/h7-8,10H,9H2,1-6H3,(H,18,22)/t10-/m1/s1. The Hall–Kier alpha value is -2.61. The van der Waals surface area contributed by atoms with Gasteiger partial charge in [-0.2, -0.15) is 0 Å². The first-order valence-corrected chi connectivity index (χ1v) is 7.87. The minimum atomic E-state index is -0.494. The number of nitrogens with one attached hydrogen (secondary N) is 1. The second kappa shape index (κ2) is 7.52. The summed E-state index contributed by atoms with van der Waals surface area (Å²) in [6, 6.07) is 3.45. The second-order valence-electron chi connectivity index (χ2n) is 6.04. The second-order valence-corrected chi connectivity index (χ2v) is 6.04. The summed E-state index contributed by atoms with van der Waals surface area (Å²) < 4.78 is 11.9. The summed E-state index contributed by atoms with van der Waals surface area (Å²) in [5, 5.41) is 2.75. The van der Waals surface area contributed by atoms with E-state index in [0.29, 0.717) is 29.1 Å². The molecule has 0 aliphatic carbocycles. The van der Waals surface area contributed by atoms with Crippen molar-refractivity contribution >= 4 is 16.9 Å². The fourth-order valence-corrected chi connectivity index (χ4v) is 2.31. The van der Waals surface area contributed by atoms with Crippen LogP contribution in [-0.2, 0) is 7.05 Å². The van der Waals surface area contributed by atoms with Crippen molar-refractivity contribution in [3.63, 3.8) is 0 Å². The first-order valence-electron chi connectivity index (χ1n) is 7.87. The smallest absolute Gasteiger partial charge is 0.282 e. The van der Waals surface area contributed by atoms with Crippen LogP contribution < -0.4 is 20.3 Å². The van der Waals surface area contributed by atoms with Gasteiger partial charge in [-0.25, -0.2) is 4.98 Å². The van der Waals surface area contributed by atoms with Crippen molar-refractivity contribution in [2.45, 2.75) is 13.0 Å². The van der Waals surface area contributed by atoms with Crippen LogP contribution in [0.25, 0.3) is 11.0 Å². The number of amides is 1. The van der Waals surface area contributed by atoms with Crippen LogP contribution in [0.1, 0.15) is 17.4 Å². The number of carbonyl (C=O) groups excluding carboxylic acids is 1. The number of hydrogen-bond acceptors (Lipinski definition) is 6. The van der Waals surface area contributed by atoms with E-state index < -0.39 is 11.5 Å². The van der Waals surface area contributed by atoms with Gasteiger partial charge < -0.3 is 24.3 Å². The maximum absolute atomic E-state index is 12.5. The van der Waals surface area contributed by atoms with Crippen LogP contribution in [0.2, 0.25) is 0 Å². The highest BCUT2D eigenvalue weighted by molar-refractivity contribution is 5.94. The van der Waals surface area contributed by atoms with E-state index in [0.717, 1.165) is 0 Å². The Bertz CT molecular complexity index is 845. The third-order valence-corrected chi connectivity index (χ3v) is 4.24. The Morgan fingerprint density at radius 2 is 1.88 bits per heavy atom. The molecule has 2 rings (SSSR count). The lowest BCUT2D eigenvalue weighted by Crippen LogP contribution is -2.41. The van der Waals surface area contributed by atoms with Gasteiger partial charge in [0.05, 0.1) is 25.3 Å². The van der Waals surface area contributed by atoms with Crippen molar-refractivity contribution in [3.05, 3.63) is 28.2 Å². The summed E-state index contributed by atoms with van der Waals surface area (Å²) in [6.45, 7) is 2.39. The predicted molar refractivity (Wildman–Crippen MR) is 95.6 cm³/mol. The van der Waals surface area contributed by atoms with E-state index in [1.54, 1.807) is 19.2 Å². The third-order valence-electron chi connectivity index (χ3n) is 4.24. The van der Waals surface area contributed by atoms with Crippen LogP contribution >= 0.6 is 0 Å². The monoisotopic (exact) mass is 348 g/mol. The Morgan fingerprint density at radius 3 is 2.44 bits per heavy atom. The molecule has 0 aliphatic heterocycles. The van der Waals surface area contributed by atoms with Crippen LogP contribution in [-0.4, -0.2) is 61.3 Å². The summed E-state index contributed by atoms with van der Waals surface area (Å²) in [5.74, 6) is 0.475. The molecule has 1 atom stereocenters. The Balaban J connectivity index is 2.46. The molecule has 25 heavy (non-hydrogen) atoms. The molecule has 1 aromatic heterocycles. The minimum Gasteiger partial charge on any atom is -0.493 e. The predicted octanol–water partition coefficient (Wildman–Crippen LogP) is 0.631. The van der Waals surface area contributed by atoms with Gasteiger partial charge in [0.25, 0.3) is 11.5 Å². The zero-order chi connectivity index (χ0) is 18.7. The molecule has 2 aromatic rings. The SMILES string of the molecule is COc1cc2nc(C(=O)NC[C@@H](C)N(C)C)c(=O)n(C)c2cc1OC. The van der Waals surface area contributed by atoms with E-state index in [1.807, 2.05) is 25.9 Å². The molecule has 0 saturated heterocycles. The van der Waals surface area contributed by atoms with Gasteiger partial charge in [0.15, 0.2) is 17.2 Å². The number of likely N-dealkylation sites (N-methyl/N-ethyl adjacent to an activating group) is 1. The molecule has 1 N–H and O–H groups in total. The molecule has 8 heteroatoms. The lowest BCUT2D eigenvalue weighted by Gasteiger charge is -2.19. The van der Waals surface area contributed by atoms with Crippen LogP contribution in [0, 0.1) is 0 Å². The molecule has 8 nitrogen and oxygen atoms in total. The number of rotatable bonds is 6. The lowest BCUT2D eigenvalue weighted by atomic mass is 10.2. The van der Waals surface area contributed by atoms with Crippen LogP contribution in [0.3, 0.4) is 0 Å². The fourth-order valence-electron chi connectivity index (χ4n) is 2.31. The molecule has 1 aromatic carbocycles. The molecular formula is C17H24N4O4. The Labute approximate surface area is 146 Å². The summed E-state index contributed by atoms with van der Waals surface area (Å²) in [5.41, 5.74) is 0.425. The number of hydrogen-bond donors (Lipinski definition) is 1. The van der Waals surface area contributed by atoms with Gasteiger partial charge in [0.2, 0.25) is 0 Å². The molecule has 0 fully saturated rings. The highest BCUT2D eigenvalue weighted by atomic mass is 16.5. The third kappa shape index (κ3) is 3.74. The van der Waals surface area contributed by atoms with E-state index in [1.165, 1.54) is 18.8 Å². The highest BCUT2D eigenvalue weighted by Gasteiger charge is 2.19. The number of carbonyl (C=O) groups is 1. The molecule has 0 radical (unpaired) electrons. The Morgan fingerprint density at radius 1 is 1.28 bits per heavy atom. The first-order chi connectivity index (χ1) is 11.8. The molecule has 0 bridgehead atoms. The number of benzene rings is 1. The van der Waals surface area contributed by atoms with Crippen molar-refractivity contribution in [3.8, 4) is 11.5 Å². The molecule has 1 amide bonds. The van der Waals surface area contributed by atoms with Crippen molar-refractivity contribution in [1.82, 2.24) is 19.8 Å². The number of aryl methyl sites for hydroxylation is 1. The molecule has 0 unspecified atom stereocenters.